The maximum Gasteiger partial charge on any atom is 0.0533 e. The summed E-state index contributed by atoms with van der Waals surface area (Å²) in [6, 6.07) is 0. The molecule has 0 aromatic rings. The van der Waals surface area contributed by atoms with Gasteiger partial charge in [0.2, 0.25) is 0 Å². The van der Waals surface area contributed by atoms with Gasteiger partial charge in [0, 0.05) is 16.4 Å². The van der Waals surface area contributed by atoms with Gasteiger partial charge in [-0.05, 0) is 12.8 Å². The van der Waals surface area contributed by atoms with Crippen LogP contribution >= 0.6 is 22.6 Å². The minimum atomic E-state index is 0.433. The van der Waals surface area contributed by atoms with Crippen LogP contribution in [0.2, 0.25) is 0 Å². The van der Waals surface area contributed by atoms with Crippen molar-refractivity contribution < 1.29 is 4.74 Å². The van der Waals surface area contributed by atoms with E-state index in [1.807, 2.05) is 6.08 Å². The second-order valence-corrected chi connectivity index (χ2v) is 3.69. The molecule has 0 aromatic carbocycles. The first-order valence-electron chi connectivity index (χ1n) is 3.58. The zero-order valence-corrected chi connectivity index (χ0v) is 8.26. The van der Waals surface area contributed by atoms with E-state index < -0.39 is 0 Å². The molecule has 0 saturated carbocycles. The Hall–Kier alpha value is 0.430. The van der Waals surface area contributed by atoms with Gasteiger partial charge in [0.25, 0.3) is 0 Å². The number of alkyl halides is 1. The summed E-state index contributed by atoms with van der Waals surface area (Å²) in [5.74, 6) is 0. The van der Waals surface area contributed by atoms with Crippen molar-refractivity contribution in [3.63, 3.8) is 0 Å². The first-order chi connectivity index (χ1) is 4.83. The van der Waals surface area contributed by atoms with Crippen LogP contribution in [0.15, 0.2) is 12.7 Å². The van der Waals surface area contributed by atoms with E-state index in [9.17, 15) is 0 Å². The second-order valence-electron chi connectivity index (χ2n) is 2.93. The van der Waals surface area contributed by atoms with Crippen LogP contribution in [0, 0.1) is 5.41 Å². The lowest BCUT2D eigenvalue weighted by Crippen LogP contribution is -2.21. The van der Waals surface area contributed by atoms with Gasteiger partial charge in [-0.2, -0.15) is 0 Å². The van der Waals surface area contributed by atoms with E-state index in [0.29, 0.717) is 5.41 Å². The van der Waals surface area contributed by atoms with Crippen molar-refractivity contribution in [3.8, 4) is 0 Å². The summed E-state index contributed by atoms with van der Waals surface area (Å²) in [6.07, 6.45) is 4.32. The third-order valence-corrected chi connectivity index (χ3v) is 3.66. The van der Waals surface area contributed by atoms with E-state index in [4.69, 9.17) is 4.74 Å². The highest BCUT2D eigenvalue weighted by Crippen LogP contribution is 2.34. The fourth-order valence-corrected chi connectivity index (χ4v) is 2.19. The van der Waals surface area contributed by atoms with Gasteiger partial charge in [0.05, 0.1) is 6.61 Å². The molecule has 0 radical (unpaired) electrons. The first-order valence-corrected chi connectivity index (χ1v) is 5.10. The summed E-state index contributed by atoms with van der Waals surface area (Å²) in [7, 11) is 0. The Kier molecular flexibility index (Phi) is 3.17. The average Bonchev–Trinajstić information content (AvgIpc) is 2.39. The molecular formula is C8H13IO. The Morgan fingerprint density at radius 2 is 2.50 bits per heavy atom. The summed E-state index contributed by atoms with van der Waals surface area (Å²) >= 11 is 2.44. The highest BCUT2D eigenvalue weighted by atomic mass is 127. The Balaban J connectivity index is 2.48. The molecule has 1 rings (SSSR count). The average molecular weight is 252 g/mol. The number of ether oxygens (including phenoxy) is 1. The SMILES string of the molecule is C=CCC1(CI)CCOC1. The topological polar surface area (TPSA) is 9.23 Å². The second kappa shape index (κ2) is 3.72. The summed E-state index contributed by atoms with van der Waals surface area (Å²) in [6.45, 7) is 5.63. The predicted molar refractivity (Wildman–Crippen MR) is 51.6 cm³/mol. The third-order valence-electron chi connectivity index (χ3n) is 2.05. The van der Waals surface area contributed by atoms with Gasteiger partial charge in [0.15, 0.2) is 0 Å². The van der Waals surface area contributed by atoms with E-state index in [-0.39, 0.29) is 0 Å². The van der Waals surface area contributed by atoms with E-state index in [1.165, 1.54) is 10.8 Å². The Bertz CT molecular complexity index is 116. The lowest BCUT2D eigenvalue weighted by atomic mass is 9.86. The summed E-state index contributed by atoms with van der Waals surface area (Å²) < 4.78 is 6.54. The zero-order chi connectivity index (χ0) is 7.45. The van der Waals surface area contributed by atoms with Crippen LogP contribution in [-0.4, -0.2) is 17.6 Å². The summed E-state index contributed by atoms with van der Waals surface area (Å²) in [4.78, 5) is 0. The maximum atomic E-state index is 5.35. The largest absolute Gasteiger partial charge is 0.381 e. The third kappa shape index (κ3) is 1.72. The monoisotopic (exact) mass is 252 g/mol. The van der Waals surface area contributed by atoms with Crippen LogP contribution in [0.25, 0.3) is 0 Å². The molecule has 0 spiro atoms. The lowest BCUT2D eigenvalue weighted by Gasteiger charge is -2.22. The van der Waals surface area contributed by atoms with Gasteiger partial charge in [-0.1, -0.05) is 28.7 Å². The number of allylic oxidation sites excluding steroid dienone is 1. The molecule has 1 heterocycles. The van der Waals surface area contributed by atoms with Gasteiger partial charge >= 0.3 is 0 Å². The van der Waals surface area contributed by atoms with E-state index in [2.05, 4.69) is 29.2 Å². The van der Waals surface area contributed by atoms with Crippen LogP contribution in [0.3, 0.4) is 0 Å². The quantitative estimate of drug-likeness (QED) is 0.425. The molecule has 58 valence electrons. The fraction of sp³-hybridized carbons (Fsp3) is 0.750. The number of rotatable bonds is 3. The van der Waals surface area contributed by atoms with Gasteiger partial charge in [-0.15, -0.1) is 6.58 Å². The van der Waals surface area contributed by atoms with Crippen molar-refractivity contribution in [1.82, 2.24) is 0 Å². The minimum absolute atomic E-state index is 0.433. The predicted octanol–water partition coefficient (Wildman–Crippen LogP) is 2.40. The lowest BCUT2D eigenvalue weighted by molar-refractivity contribution is 0.163. The molecule has 1 aliphatic heterocycles. The van der Waals surface area contributed by atoms with Crippen LogP contribution in [-0.2, 0) is 4.74 Å². The summed E-state index contributed by atoms with van der Waals surface area (Å²) in [5.41, 5.74) is 0.433. The Morgan fingerprint density at radius 1 is 1.70 bits per heavy atom. The van der Waals surface area contributed by atoms with Crippen molar-refractivity contribution in [2.45, 2.75) is 12.8 Å². The molecule has 1 saturated heterocycles. The highest BCUT2D eigenvalue weighted by Gasteiger charge is 2.32. The van der Waals surface area contributed by atoms with Crippen LogP contribution in [0.1, 0.15) is 12.8 Å². The Morgan fingerprint density at radius 3 is 2.90 bits per heavy atom. The van der Waals surface area contributed by atoms with Crippen molar-refractivity contribution in [1.29, 1.82) is 0 Å². The fourth-order valence-electron chi connectivity index (χ4n) is 1.28. The van der Waals surface area contributed by atoms with Crippen LogP contribution < -0.4 is 0 Å². The van der Waals surface area contributed by atoms with Gasteiger partial charge in [-0.25, -0.2) is 0 Å². The maximum absolute atomic E-state index is 5.35. The molecule has 1 nitrogen and oxygen atoms in total. The molecule has 2 heteroatoms. The first kappa shape index (κ1) is 8.53. The molecule has 1 aliphatic rings. The summed E-state index contributed by atoms with van der Waals surface area (Å²) in [5, 5.41) is 0. The van der Waals surface area contributed by atoms with Crippen LogP contribution in [0.5, 0.6) is 0 Å². The molecule has 0 N–H and O–H groups in total. The van der Waals surface area contributed by atoms with Crippen molar-refractivity contribution in [2.24, 2.45) is 5.41 Å². The molecule has 0 bridgehead atoms. The molecule has 0 aliphatic carbocycles. The molecule has 0 aromatic heterocycles. The number of hydrogen-bond acceptors (Lipinski definition) is 1. The van der Waals surface area contributed by atoms with Crippen molar-refractivity contribution in [3.05, 3.63) is 12.7 Å². The highest BCUT2D eigenvalue weighted by molar-refractivity contribution is 14.1. The zero-order valence-electron chi connectivity index (χ0n) is 6.11. The van der Waals surface area contributed by atoms with Crippen molar-refractivity contribution in [2.75, 3.05) is 17.6 Å². The van der Waals surface area contributed by atoms with Gasteiger partial charge in [0.1, 0.15) is 0 Å². The molecule has 10 heavy (non-hydrogen) atoms. The number of hydrogen-bond donors (Lipinski definition) is 0. The molecule has 1 fully saturated rings. The molecular weight excluding hydrogens is 239 g/mol. The van der Waals surface area contributed by atoms with E-state index in [1.54, 1.807) is 0 Å². The van der Waals surface area contributed by atoms with Gasteiger partial charge < -0.3 is 4.74 Å². The van der Waals surface area contributed by atoms with Gasteiger partial charge in [-0.3, -0.25) is 0 Å². The number of halogens is 1. The van der Waals surface area contributed by atoms with Crippen molar-refractivity contribution >= 4 is 22.6 Å². The van der Waals surface area contributed by atoms with E-state index in [0.717, 1.165) is 19.6 Å². The smallest absolute Gasteiger partial charge is 0.0533 e. The molecule has 0 amide bonds. The molecule has 1 unspecified atom stereocenters. The van der Waals surface area contributed by atoms with Crippen LogP contribution in [0.4, 0.5) is 0 Å². The standard InChI is InChI=1S/C8H13IO/c1-2-3-8(6-9)4-5-10-7-8/h2H,1,3-7H2. The molecule has 1 atom stereocenters. The van der Waals surface area contributed by atoms with E-state index >= 15 is 0 Å². The normalized spacial score (nSPS) is 32.5. The Labute approximate surface area is 76.0 Å². The minimum Gasteiger partial charge on any atom is -0.381 e.